The van der Waals surface area contributed by atoms with Crippen molar-refractivity contribution in [2.45, 2.75) is 6.73 Å². The van der Waals surface area contributed by atoms with Crippen molar-refractivity contribution < 1.29 is 33.0 Å². The fourth-order valence-electron chi connectivity index (χ4n) is 4.82. The number of hydrogen-bond acceptors (Lipinski definition) is 9. The molecule has 0 fully saturated rings. The van der Waals surface area contributed by atoms with E-state index in [9.17, 15) is 28.9 Å². The zero-order valence-corrected chi connectivity index (χ0v) is 22.5. The van der Waals surface area contributed by atoms with Crippen LogP contribution in [-0.4, -0.2) is 61.1 Å². The Morgan fingerprint density at radius 3 is 2.58 bits per heavy atom. The van der Waals surface area contributed by atoms with Crippen LogP contribution < -0.4 is 15.6 Å². The van der Waals surface area contributed by atoms with Crippen molar-refractivity contribution in [1.29, 1.82) is 0 Å². The number of aryl methyl sites for hydroxylation is 1. The second-order valence-corrected chi connectivity index (χ2v) is 9.92. The molecular formula is C25H23F2N6O6P. The summed E-state index contributed by atoms with van der Waals surface area (Å²) in [6.07, 6.45) is 4.19. The maximum atomic E-state index is 15.4. The van der Waals surface area contributed by atoms with Crippen LogP contribution in [0.2, 0.25) is 0 Å². The number of nitrogens with one attached hydrogen (secondary N) is 1. The van der Waals surface area contributed by atoms with E-state index in [1.807, 2.05) is 0 Å². The number of rotatable bonds is 7. The Hall–Kier alpha value is -4.23. The van der Waals surface area contributed by atoms with Gasteiger partial charge in [-0.15, -0.1) is 0 Å². The van der Waals surface area contributed by atoms with Crippen LogP contribution in [0.25, 0.3) is 44.5 Å². The Labute approximate surface area is 226 Å². The SMILES string of the molecule is CNc1cc(F)c(F)c2c3c(N(C)C)c(-c4cnc5c(c4)c(=O)c(C(=O)O)cn5C)cn(COP(O)O)c-3nc12. The zero-order chi connectivity index (χ0) is 29.0. The fraction of sp³-hybridized carbons (Fsp3) is 0.200. The van der Waals surface area contributed by atoms with Crippen molar-refractivity contribution in [1.82, 2.24) is 19.1 Å². The summed E-state index contributed by atoms with van der Waals surface area (Å²) in [6.45, 7) is -0.413. The van der Waals surface area contributed by atoms with Crippen LogP contribution in [0.3, 0.4) is 0 Å². The van der Waals surface area contributed by atoms with Gasteiger partial charge < -0.3 is 34.2 Å². The molecule has 1 aromatic carbocycles. The molecule has 0 saturated heterocycles. The molecule has 208 valence electrons. The molecule has 0 aliphatic carbocycles. The minimum absolute atomic E-state index is 0.0296. The van der Waals surface area contributed by atoms with Gasteiger partial charge in [-0.05, 0) is 6.07 Å². The monoisotopic (exact) mass is 572 g/mol. The van der Waals surface area contributed by atoms with Crippen LogP contribution in [0, 0.1) is 11.6 Å². The molecular weight excluding hydrogens is 549 g/mol. The number of carbonyl (C=O) groups is 1. The zero-order valence-electron chi connectivity index (χ0n) is 21.6. The fourth-order valence-corrected chi connectivity index (χ4v) is 5.05. The van der Waals surface area contributed by atoms with E-state index in [2.05, 4.69) is 15.3 Å². The number of fused-ring (bicyclic) bond motifs is 4. The third-order valence-electron chi connectivity index (χ3n) is 6.52. The highest BCUT2D eigenvalue weighted by Crippen LogP contribution is 2.47. The lowest BCUT2D eigenvalue weighted by Gasteiger charge is -2.25. The highest BCUT2D eigenvalue weighted by atomic mass is 31.2. The summed E-state index contributed by atoms with van der Waals surface area (Å²) in [5.41, 5.74) is 0.736. The third-order valence-corrected chi connectivity index (χ3v) is 6.86. The highest BCUT2D eigenvalue weighted by molar-refractivity contribution is 7.39. The molecule has 0 atom stereocenters. The maximum absolute atomic E-state index is 15.4. The van der Waals surface area contributed by atoms with Crippen LogP contribution in [0.4, 0.5) is 20.2 Å². The minimum atomic E-state index is -2.77. The average Bonchev–Trinajstić information content (AvgIpc) is 3.31. The normalized spacial score (nSPS) is 11.7. The van der Waals surface area contributed by atoms with Crippen molar-refractivity contribution in [2.24, 2.45) is 7.05 Å². The molecule has 4 heterocycles. The van der Waals surface area contributed by atoms with Crippen LogP contribution in [0.15, 0.2) is 35.5 Å². The Balaban J connectivity index is 1.93. The van der Waals surface area contributed by atoms with Crippen LogP contribution >= 0.6 is 8.60 Å². The lowest BCUT2D eigenvalue weighted by Crippen LogP contribution is -2.19. The van der Waals surface area contributed by atoms with E-state index < -0.39 is 43.9 Å². The van der Waals surface area contributed by atoms with E-state index in [1.54, 1.807) is 32.2 Å². The number of nitrogens with zero attached hydrogens (tertiary/aromatic N) is 5. The molecule has 2 aromatic heterocycles. The quantitative estimate of drug-likeness (QED) is 0.214. The molecule has 0 unspecified atom stereocenters. The smallest absolute Gasteiger partial charge is 0.341 e. The van der Waals surface area contributed by atoms with E-state index >= 15 is 4.39 Å². The van der Waals surface area contributed by atoms with Gasteiger partial charge in [0.2, 0.25) is 5.43 Å². The summed E-state index contributed by atoms with van der Waals surface area (Å²) in [4.78, 5) is 54.1. The summed E-state index contributed by atoms with van der Waals surface area (Å²) in [5, 5.41) is 12.2. The van der Waals surface area contributed by atoms with Crippen LogP contribution in [-0.2, 0) is 18.3 Å². The van der Waals surface area contributed by atoms with Gasteiger partial charge in [0.15, 0.2) is 11.6 Å². The summed E-state index contributed by atoms with van der Waals surface area (Å²) in [7, 11) is 3.70. The molecule has 0 saturated carbocycles. The molecule has 15 heteroatoms. The maximum Gasteiger partial charge on any atom is 0.341 e. The van der Waals surface area contributed by atoms with Crippen molar-refractivity contribution in [2.75, 3.05) is 31.4 Å². The number of hydrogen-bond donors (Lipinski definition) is 4. The second kappa shape index (κ2) is 10.1. The average molecular weight is 572 g/mol. The molecule has 2 aliphatic rings. The Kier molecular flexibility index (Phi) is 6.88. The number of pyridine rings is 3. The summed E-state index contributed by atoms with van der Waals surface area (Å²) in [5.74, 6) is -3.46. The second-order valence-electron chi connectivity index (χ2n) is 9.15. The van der Waals surface area contributed by atoms with Crippen LogP contribution in [0.5, 0.6) is 0 Å². The van der Waals surface area contributed by atoms with Gasteiger partial charge in [-0.2, -0.15) is 0 Å². The molecule has 4 N–H and O–H groups in total. The van der Waals surface area contributed by atoms with Crippen molar-refractivity contribution in [3.63, 3.8) is 0 Å². The summed E-state index contributed by atoms with van der Waals surface area (Å²) >= 11 is 0. The van der Waals surface area contributed by atoms with E-state index in [-0.39, 0.29) is 39.0 Å². The highest BCUT2D eigenvalue weighted by Gasteiger charge is 2.30. The number of benzene rings is 1. The Morgan fingerprint density at radius 1 is 1.23 bits per heavy atom. The standard InChI is InChI=1S/C25H23F2N6O6P/c1-28-16-6-15(26)19(27)17-18-21(31(2)3)13(9-33(10-39-40(37)38)24(18)30-20(16)17)11-5-12-22(34)14(25(35)36)8-32(4)23(12)29-7-11/h5-9,28,37-38H,10H2,1-4H3,(H,35,36). The number of carboxylic acid groups (broad SMARTS) is 1. The molecule has 2 aliphatic heterocycles. The van der Waals surface area contributed by atoms with E-state index in [4.69, 9.17) is 4.52 Å². The van der Waals surface area contributed by atoms with Crippen LogP contribution in [0.1, 0.15) is 10.4 Å². The van der Waals surface area contributed by atoms with E-state index in [0.717, 1.165) is 6.07 Å². The molecule has 0 spiro atoms. The number of aromatic carboxylic acids is 1. The van der Waals surface area contributed by atoms with Gasteiger partial charge >= 0.3 is 14.6 Å². The lowest BCUT2D eigenvalue weighted by molar-refractivity contribution is 0.0695. The number of carboxylic acids is 1. The molecule has 0 radical (unpaired) electrons. The Morgan fingerprint density at radius 2 is 1.95 bits per heavy atom. The van der Waals surface area contributed by atoms with Gasteiger partial charge in [-0.25, -0.2) is 23.5 Å². The number of halogens is 2. The largest absolute Gasteiger partial charge is 0.477 e. The first-order valence-electron chi connectivity index (χ1n) is 11.7. The van der Waals surface area contributed by atoms with E-state index in [0.29, 0.717) is 16.8 Å². The molecule has 40 heavy (non-hydrogen) atoms. The van der Waals surface area contributed by atoms with Crippen molar-refractivity contribution in [3.8, 4) is 22.5 Å². The summed E-state index contributed by atoms with van der Waals surface area (Å²) < 4.78 is 38.0. The predicted octanol–water partition coefficient (Wildman–Crippen LogP) is 3.32. The molecule has 0 amide bonds. The number of anilines is 2. The van der Waals surface area contributed by atoms with Crippen molar-refractivity contribution >= 4 is 47.9 Å². The van der Waals surface area contributed by atoms with Crippen molar-refractivity contribution in [3.05, 3.63) is 58.1 Å². The first-order valence-corrected chi connectivity index (χ1v) is 12.8. The van der Waals surface area contributed by atoms with Gasteiger partial charge in [-0.1, -0.05) is 0 Å². The Bertz CT molecular complexity index is 1850. The predicted molar refractivity (Wildman–Crippen MR) is 146 cm³/mol. The minimum Gasteiger partial charge on any atom is -0.477 e. The topological polar surface area (TPSA) is 155 Å². The lowest BCUT2D eigenvalue weighted by atomic mass is 9.98. The summed E-state index contributed by atoms with van der Waals surface area (Å²) in [6, 6.07) is 2.46. The van der Waals surface area contributed by atoms with Gasteiger partial charge in [0, 0.05) is 64.0 Å². The first kappa shape index (κ1) is 27.3. The number of aromatic nitrogens is 4. The molecule has 5 rings (SSSR count). The molecule has 12 nitrogen and oxygen atoms in total. The van der Waals surface area contributed by atoms with Gasteiger partial charge in [0.05, 0.1) is 33.2 Å². The van der Waals surface area contributed by atoms with Gasteiger partial charge in [0.25, 0.3) is 0 Å². The molecule has 0 bridgehead atoms. The molecule has 3 aromatic rings. The van der Waals surface area contributed by atoms with Gasteiger partial charge in [-0.3, -0.25) is 9.32 Å². The third kappa shape index (κ3) is 4.31. The van der Waals surface area contributed by atoms with Gasteiger partial charge in [0.1, 0.15) is 23.8 Å². The van der Waals surface area contributed by atoms with E-state index in [1.165, 1.54) is 34.6 Å². The first-order chi connectivity index (χ1) is 18.9.